The molecule has 0 atom stereocenters. The Morgan fingerprint density at radius 1 is 0.378 bits per heavy atom. The molecular formula is C44H28O. The SMILES string of the molecule is [2H]c1c([2H])c([2H])c(-c2c([2H])c([2H])c(-c3c4ccccc4c(-c4ccc(-c5ccccc5)c5oc6ccccc6c45)c4ccccc34)c([2H])c2[2H])c([2H])c1[2H]. The van der Waals surface area contributed by atoms with Gasteiger partial charge in [-0.25, -0.2) is 0 Å². The molecule has 9 rings (SSSR count). The summed E-state index contributed by atoms with van der Waals surface area (Å²) in [5.41, 5.74) is 5.19. The number of fused-ring (bicyclic) bond motifs is 5. The van der Waals surface area contributed by atoms with E-state index in [1.165, 1.54) is 0 Å². The first-order valence-electron chi connectivity index (χ1n) is 19.2. The van der Waals surface area contributed by atoms with E-state index in [2.05, 4.69) is 30.3 Å². The van der Waals surface area contributed by atoms with E-state index in [1.54, 1.807) is 0 Å². The van der Waals surface area contributed by atoms with Gasteiger partial charge in [-0.15, -0.1) is 0 Å². The molecule has 0 unspecified atom stereocenters. The van der Waals surface area contributed by atoms with Crippen molar-refractivity contribution in [1.29, 1.82) is 0 Å². The third-order valence-electron chi connectivity index (χ3n) is 8.44. The molecule has 0 saturated heterocycles. The van der Waals surface area contributed by atoms with Gasteiger partial charge < -0.3 is 4.42 Å². The van der Waals surface area contributed by atoms with Gasteiger partial charge in [-0.2, -0.15) is 0 Å². The molecule has 0 saturated carbocycles. The number of benzene rings is 8. The summed E-state index contributed by atoms with van der Waals surface area (Å²) in [5, 5.41) is 4.97. The van der Waals surface area contributed by atoms with E-state index in [0.717, 1.165) is 55.0 Å². The van der Waals surface area contributed by atoms with Crippen LogP contribution in [0.1, 0.15) is 12.3 Å². The lowest BCUT2D eigenvalue weighted by molar-refractivity contribution is 0.670. The monoisotopic (exact) mass is 581 g/mol. The molecule has 1 heterocycles. The van der Waals surface area contributed by atoms with Gasteiger partial charge in [0.1, 0.15) is 11.2 Å². The third-order valence-corrected chi connectivity index (χ3v) is 8.44. The van der Waals surface area contributed by atoms with Crippen LogP contribution in [-0.2, 0) is 0 Å². The number of hydrogen-bond donors (Lipinski definition) is 0. The molecule has 1 heteroatoms. The highest BCUT2D eigenvalue weighted by atomic mass is 16.3. The molecule has 0 spiro atoms. The second-order valence-electron chi connectivity index (χ2n) is 10.9. The minimum absolute atomic E-state index is 0.0541. The van der Waals surface area contributed by atoms with Crippen LogP contribution < -0.4 is 0 Å². The maximum atomic E-state index is 9.35. The summed E-state index contributed by atoms with van der Waals surface area (Å²) in [6.45, 7) is 0. The van der Waals surface area contributed by atoms with E-state index in [1.807, 2.05) is 84.9 Å². The van der Waals surface area contributed by atoms with E-state index in [0.29, 0.717) is 16.3 Å². The van der Waals surface area contributed by atoms with Crippen molar-refractivity contribution in [2.24, 2.45) is 0 Å². The lowest BCUT2D eigenvalue weighted by Crippen LogP contribution is -1.92. The fourth-order valence-corrected chi connectivity index (χ4v) is 6.51. The molecule has 0 aliphatic rings. The lowest BCUT2D eigenvalue weighted by atomic mass is 9.84. The molecule has 0 N–H and O–H groups in total. The summed E-state index contributed by atoms with van der Waals surface area (Å²) in [7, 11) is 0. The van der Waals surface area contributed by atoms with Gasteiger partial charge in [0.2, 0.25) is 0 Å². The molecule has 0 bridgehead atoms. The van der Waals surface area contributed by atoms with Crippen LogP contribution in [0.25, 0.3) is 88.0 Å². The van der Waals surface area contributed by atoms with E-state index in [4.69, 9.17) is 14.0 Å². The van der Waals surface area contributed by atoms with Gasteiger partial charge in [0.15, 0.2) is 0 Å². The first kappa shape index (κ1) is 18.0. The first-order valence-corrected chi connectivity index (χ1v) is 14.7. The lowest BCUT2D eigenvalue weighted by Gasteiger charge is -2.19. The molecule has 0 radical (unpaired) electrons. The van der Waals surface area contributed by atoms with Crippen molar-refractivity contribution < 1.29 is 16.8 Å². The Morgan fingerprint density at radius 3 is 1.56 bits per heavy atom. The van der Waals surface area contributed by atoms with Crippen molar-refractivity contribution in [2.45, 2.75) is 0 Å². The predicted octanol–water partition coefficient (Wildman–Crippen LogP) is 12.6. The van der Waals surface area contributed by atoms with Crippen LogP contribution in [0.5, 0.6) is 0 Å². The van der Waals surface area contributed by atoms with Crippen molar-refractivity contribution >= 4 is 43.5 Å². The van der Waals surface area contributed by atoms with Crippen molar-refractivity contribution in [3.05, 3.63) is 170 Å². The molecule has 0 fully saturated rings. The van der Waals surface area contributed by atoms with E-state index in [9.17, 15) is 2.74 Å². The average Bonchev–Trinajstić information content (AvgIpc) is 3.60. The second-order valence-corrected chi connectivity index (χ2v) is 10.9. The quantitative estimate of drug-likeness (QED) is 0.188. The van der Waals surface area contributed by atoms with Gasteiger partial charge >= 0.3 is 0 Å². The molecule has 0 aliphatic carbocycles. The van der Waals surface area contributed by atoms with Crippen molar-refractivity contribution in [3.63, 3.8) is 0 Å². The molecule has 45 heavy (non-hydrogen) atoms. The second kappa shape index (κ2) is 10.4. The number of rotatable bonds is 4. The molecular weight excluding hydrogens is 544 g/mol. The maximum Gasteiger partial charge on any atom is 0.143 e. The summed E-state index contributed by atoms with van der Waals surface area (Å²) in [4.78, 5) is 0. The normalized spacial score (nSPS) is 14.4. The summed E-state index contributed by atoms with van der Waals surface area (Å²) in [6, 6.07) is 32.9. The first-order chi connectivity index (χ1) is 26.1. The van der Waals surface area contributed by atoms with Crippen LogP contribution in [0.2, 0.25) is 0 Å². The fraction of sp³-hybridized carbons (Fsp3) is 0. The molecule has 9 aromatic rings. The largest absolute Gasteiger partial charge is 0.455 e. The molecule has 1 nitrogen and oxygen atoms in total. The summed E-state index contributed by atoms with van der Waals surface area (Å²) < 4.78 is 85.1. The van der Waals surface area contributed by atoms with E-state index in [-0.39, 0.29) is 28.8 Å². The Balaban J connectivity index is 1.39. The van der Waals surface area contributed by atoms with Crippen LogP contribution in [-0.4, -0.2) is 0 Å². The topological polar surface area (TPSA) is 13.1 Å². The van der Waals surface area contributed by atoms with Crippen molar-refractivity contribution in [3.8, 4) is 44.5 Å². The van der Waals surface area contributed by atoms with Crippen LogP contribution in [0, 0.1) is 0 Å². The summed E-state index contributed by atoms with van der Waals surface area (Å²) in [6.07, 6.45) is 0. The number of para-hydroxylation sites is 1. The Labute approximate surface area is 274 Å². The maximum absolute atomic E-state index is 9.35. The van der Waals surface area contributed by atoms with Gasteiger partial charge in [0.05, 0.1) is 12.3 Å². The van der Waals surface area contributed by atoms with Gasteiger partial charge in [0, 0.05) is 16.3 Å². The highest BCUT2D eigenvalue weighted by Crippen LogP contribution is 2.48. The third kappa shape index (κ3) is 4.09. The Hall–Kier alpha value is -5.92. The van der Waals surface area contributed by atoms with Crippen LogP contribution >= 0.6 is 0 Å². The molecule has 0 aliphatic heterocycles. The average molecular weight is 582 g/mol. The fourth-order valence-electron chi connectivity index (χ4n) is 6.51. The van der Waals surface area contributed by atoms with Crippen LogP contribution in [0.15, 0.2) is 174 Å². The summed E-state index contributed by atoms with van der Waals surface area (Å²) >= 11 is 0. The number of furan rings is 1. The molecule has 8 aromatic carbocycles. The zero-order valence-electron chi connectivity index (χ0n) is 32.9. The van der Waals surface area contributed by atoms with Crippen LogP contribution in [0.4, 0.5) is 0 Å². The zero-order valence-corrected chi connectivity index (χ0v) is 23.9. The Kier molecular flexibility index (Phi) is 4.15. The van der Waals surface area contributed by atoms with Gasteiger partial charge in [-0.1, -0.05) is 158 Å². The minimum Gasteiger partial charge on any atom is -0.455 e. The minimum atomic E-state index is -0.615. The standard InChI is InChI=1S/C44H28O/c1-3-13-29(14-4-1)30-23-25-32(26-24-30)41-34-17-7-9-19-36(34)42(37-20-10-8-18-35(37)41)39-28-27-33(31-15-5-2-6-16-31)44-43(39)38-21-11-12-22-40(38)45-44/h1-28H/i1D,3D,4D,13D,14D,23D,24D,25D,26D. The smallest absolute Gasteiger partial charge is 0.143 e. The van der Waals surface area contributed by atoms with Crippen molar-refractivity contribution in [2.75, 3.05) is 0 Å². The van der Waals surface area contributed by atoms with E-state index < -0.39 is 42.3 Å². The summed E-state index contributed by atoms with van der Waals surface area (Å²) in [5.74, 6) is 0. The highest BCUT2D eigenvalue weighted by Gasteiger charge is 2.22. The Bertz CT molecular complexity index is 2930. The molecule has 0 amide bonds. The predicted molar refractivity (Wildman–Crippen MR) is 190 cm³/mol. The molecule has 1 aromatic heterocycles. The van der Waals surface area contributed by atoms with Gasteiger partial charge in [-0.3, -0.25) is 0 Å². The van der Waals surface area contributed by atoms with Gasteiger partial charge in [0.25, 0.3) is 0 Å². The highest BCUT2D eigenvalue weighted by molar-refractivity contribution is 6.26. The zero-order chi connectivity index (χ0) is 37.6. The molecule has 210 valence electrons. The van der Waals surface area contributed by atoms with Crippen molar-refractivity contribution in [1.82, 2.24) is 0 Å². The van der Waals surface area contributed by atoms with E-state index >= 15 is 0 Å². The van der Waals surface area contributed by atoms with Crippen LogP contribution in [0.3, 0.4) is 0 Å². The van der Waals surface area contributed by atoms with Gasteiger partial charge in [-0.05, 0) is 72.6 Å². The Morgan fingerprint density at radius 2 is 0.889 bits per heavy atom. The number of hydrogen-bond acceptors (Lipinski definition) is 1.